The molecule has 3 heterocycles. The summed E-state index contributed by atoms with van der Waals surface area (Å²) in [6.07, 6.45) is 8.32. The number of amides is 1. The second-order valence-electron chi connectivity index (χ2n) is 6.26. The molecule has 0 spiro atoms. The van der Waals surface area contributed by atoms with E-state index in [1.165, 1.54) is 23.3 Å². The van der Waals surface area contributed by atoms with Crippen molar-refractivity contribution >= 4 is 17.2 Å². The molecule has 2 aliphatic rings. The van der Waals surface area contributed by atoms with Gasteiger partial charge in [0.05, 0.1) is 11.6 Å². The summed E-state index contributed by atoms with van der Waals surface area (Å²) < 4.78 is 0. The van der Waals surface area contributed by atoms with Gasteiger partial charge in [0.1, 0.15) is 0 Å². The monoisotopic (exact) mass is 327 g/mol. The van der Waals surface area contributed by atoms with E-state index in [2.05, 4.69) is 21.7 Å². The molecule has 120 valence electrons. The van der Waals surface area contributed by atoms with Crippen molar-refractivity contribution in [2.75, 3.05) is 19.6 Å². The third-order valence-corrected chi connectivity index (χ3v) is 5.95. The fourth-order valence-electron chi connectivity index (χ4n) is 3.65. The van der Waals surface area contributed by atoms with Crippen LogP contribution in [0.3, 0.4) is 0 Å². The fraction of sp³-hybridized carbons (Fsp3) is 0.444. The number of hydrogen-bond donors (Lipinski definition) is 1. The molecular weight excluding hydrogens is 306 g/mol. The van der Waals surface area contributed by atoms with E-state index in [0.29, 0.717) is 0 Å². The highest BCUT2D eigenvalue weighted by Gasteiger charge is 2.31. The number of piperazine rings is 1. The normalized spacial score (nSPS) is 21.0. The average Bonchev–Trinajstić information content (AvgIpc) is 3.06. The summed E-state index contributed by atoms with van der Waals surface area (Å²) in [7, 11) is 0. The van der Waals surface area contributed by atoms with Gasteiger partial charge >= 0.3 is 0 Å². The molecule has 1 fully saturated rings. The molecular formula is C18H21N3OS. The van der Waals surface area contributed by atoms with Crippen LogP contribution in [-0.2, 0) is 12.8 Å². The predicted octanol–water partition coefficient (Wildman–Crippen LogP) is 2.81. The molecule has 1 amide bonds. The van der Waals surface area contributed by atoms with Crippen LogP contribution in [0.2, 0.25) is 0 Å². The van der Waals surface area contributed by atoms with Gasteiger partial charge in [-0.05, 0) is 42.9 Å². The van der Waals surface area contributed by atoms with Crippen LogP contribution in [0.1, 0.15) is 45.2 Å². The molecule has 0 bridgehead atoms. The van der Waals surface area contributed by atoms with Gasteiger partial charge < -0.3 is 10.2 Å². The van der Waals surface area contributed by atoms with E-state index in [1.807, 2.05) is 17.2 Å². The number of carbonyl (C=O) groups is 1. The first-order valence-corrected chi connectivity index (χ1v) is 9.23. The molecule has 2 aromatic heterocycles. The molecule has 1 aliphatic carbocycles. The quantitative estimate of drug-likeness (QED) is 0.922. The first-order chi connectivity index (χ1) is 11.3. The number of carbonyl (C=O) groups excluding carboxylic acids is 1. The fourth-order valence-corrected chi connectivity index (χ4v) is 4.77. The number of aromatic nitrogens is 1. The maximum Gasteiger partial charge on any atom is 0.255 e. The lowest BCUT2D eigenvalue weighted by Gasteiger charge is -2.36. The molecule has 1 aliphatic heterocycles. The number of pyridine rings is 1. The van der Waals surface area contributed by atoms with Gasteiger partial charge in [0.25, 0.3) is 5.91 Å². The Kier molecular flexibility index (Phi) is 4.14. The van der Waals surface area contributed by atoms with Gasteiger partial charge in [0, 0.05) is 42.3 Å². The molecule has 1 N–H and O–H groups in total. The molecule has 0 radical (unpaired) electrons. The van der Waals surface area contributed by atoms with E-state index in [0.717, 1.165) is 43.6 Å². The SMILES string of the molecule is O=C(c1csc2c1CCCC2)N1CCNCC1c1cccnc1. The maximum absolute atomic E-state index is 13.2. The van der Waals surface area contributed by atoms with Crippen LogP contribution in [0.15, 0.2) is 29.9 Å². The van der Waals surface area contributed by atoms with Crippen LogP contribution < -0.4 is 5.32 Å². The van der Waals surface area contributed by atoms with Crippen molar-refractivity contribution in [3.63, 3.8) is 0 Å². The summed E-state index contributed by atoms with van der Waals surface area (Å²) >= 11 is 1.77. The van der Waals surface area contributed by atoms with Crippen LogP contribution in [-0.4, -0.2) is 35.4 Å². The second-order valence-corrected chi connectivity index (χ2v) is 7.23. The minimum Gasteiger partial charge on any atom is -0.329 e. The number of aryl methyl sites for hydroxylation is 1. The largest absolute Gasteiger partial charge is 0.329 e. The third kappa shape index (κ3) is 2.79. The number of rotatable bonds is 2. The van der Waals surface area contributed by atoms with E-state index in [1.54, 1.807) is 17.5 Å². The van der Waals surface area contributed by atoms with Gasteiger partial charge in [0.2, 0.25) is 0 Å². The van der Waals surface area contributed by atoms with Crippen LogP contribution in [0.4, 0.5) is 0 Å². The van der Waals surface area contributed by atoms with E-state index in [4.69, 9.17) is 0 Å². The molecule has 2 aromatic rings. The summed E-state index contributed by atoms with van der Waals surface area (Å²) in [4.78, 5) is 20.9. The number of fused-ring (bicyclic) bond motifs is 1. The predicted molar refractivity (Wildman–Crippen MR) is 91.8 cm³/mol. The van der Waals surface area contributed by atoms with Crippen molar-refractivity contribution in [2.24, 2.45) is 0 Å². The number of hydrogen-bond acceptors (Lipinski definition) is 4. The molecule has 1 saturated heterocycles. The summed E-state index contributed by atoms with van der Waals surface area (Å²) in [5, 5.41) is 5.49. The molecule has 4 nitrogen and oxygen atoms in total. The molecule has 4 rings (SSSR count). The van der Waals surface area contributed by atoms with Gasteiger partial charge in [-0.1, -0.05) is 6.07 Å². The van der Waals surface area contributed by atoms with E-state index < -0.39 is 0 Å². The highest BCUT2D eigenvalue weighted by Crippen LogP contribution is 2.33. The smallest absolute Gasteiger partial charge is 0.255 e. The summed E-state index contributed by atoms with van der Waals surface area (Å²) in [6.45, 7) is 2.40. The highest BCUT2D eigenvalue weighted by molar-refractivity contribution is 7.10. The number of thiophene rings is 1. The topological polar surface area (TPSA) is 45.2 Å². The summed E-state index contributed by atoms with van der Waals surface area (Å²) in [5.74, 6) is 0.194. The Hall–Kier alpha value is -1.72. The minimum absolute atomic E-state index is 0.0732. The van der Waals surface area contributed by atoms with Crippen LogP contribution in [0, 0.1) is 0 Å². The third-order valence-electron chi connectivity index (χ3n) is 4.87. The lowest BCUT2D eigenvalue weighted by atomic mass is 9.94. The zero-order valence-corrected chi connectivity index (χ0v) is 13.9. The molecule has 0 saturated carbocycles. The maximum atomic E-state index is 13.2. The van der Waals surface area contributed by atoms with Gasteiger partial charge in [-0.2, -0.15) is 0 Å². The second kappa shape index (κ2) is 6.42. The Morgan fingerprint density at radius 3 is 3.13 bits per heavy atom. The van der Waals surface area contributed by atoms with Crippen molar-refractivity contribution in [2.45, 2.75) is 31.7 Å². The van der Waals surface area contributed by atoms with Crippen molar-refractivity contribution in [1.29, 1.82) is 0 Å². The van der Waals surface area contributed by atoms with E-state index in [9.17, 15) is 4.79 Å². The van der Waals surface area contributed by atoms with Crippen LogP contribution in [0.25, 0.3) is 0 Å². The lowest BCUT2D eigenvalue weighted by Crippen LogP contribution is -2.48. The van der Waals surface area contributed by atoms with Crippen molar-refractivity contribution in [1.82, 2.24) is 15.2 Å². The first kappa shape index (κ1) is 14.8. The van der Waals surface area contributed by atoms with Crippen molar-refractivity contribution < 1.29 is 4.79 Å². The molecule has 5 heteroatoms. The van der Waals surface area contributed by atoms with Gasteiger partial charge in [0.15, 0.2) is 0 Å². The standard InChI is InChI=1S/C18H21N3OS/c22-18(15-12-23-17-6-2-1-5-14(15)17)21-9-8-20-11-16(21)13-4-3-7-19-10-13/h3-4,7,10,12,16,20H,1-2,5-6,8-9,11H2. The molecule has 23 heavy (non-hydrogen) atoms. The Balaban J connectivity index is 1.64. The van der Waals surface area contributed by atoms with Gasteiger partial charge in [-0.25, -0.2) is 0 Å². The summed E-state index contributed by atoms with van der Waals surface area (Å²) in [5.41, 5.74) is 3.37. The van der Waals surface area contributed by atoms with Crippen LogP contribution in [0.5, 0.6) is 0 Å². The van der Waals surface area contributed by atoms with E-state index in [-0.39, 0.29) is 11.9 Å². The summed E-state index contributed by atoms with van der Waals surface area (Å²) in [6, 6.07) is 4.08. The van der Waals surface area contributed by atoms with Gasteiger partial charge in [-0.3, -0.25) is 9.78 Å². The zero-order valence-electron chi connectivity index (χ0n) is 13.1. The highest BCUT2D eigenvalue weighted by atomic mass is 32.1. The Labute approximate surface area is 140 Å². The zero-order chi connectivity index (χ0) is 15.6. The van der Waals surface area contributed by atoms with Gasteiger partial charge in [-0.15, -0.1) is 11.3 Å². The van der Waals surface area contributed by atoms with E-state index >= 15 is 0 Å². The Morgan fingerprint density at radius 2 is 2.26 bits per heavy atom. The minimum atomic E-state index is 0.0732. The van der Waals surface area contributed by atoms with Crippen molar-refractivity contribution in [3.05, 3.63) is 51.5 Å². The molecule has 1 atom stereocenters. The number of nitrogens with one attached hydrogen (secondary N) is 1. The molecule has 0 aromatic carbocycles. The first-order valence-electron chi connectivity index (χ1n) is 8.35. The molecule has 1 unspecified atom stereocenters. The lowest BCUT2D eigenvalue weighted by molar-refractivity contribution is 0.0633. The number of nitrogens with zero attached hydrogens (tertiary/aromatic N) is 2. The Bertz CT molecular complexity index is 698. The van der Waals surface area contributed by atoms with Crippen LogP contribution >= 0.6 is 11.3 Å². The van der Waals surface area contributed by atoms with Crippen molar-refractivity contribution in [3.8, 4) is 0 Å². The average molecular weight is 327 g/mol. The Morgan fingerprint density at radius 1 is 1.35 bits per heavy atom.